The third-order valence-electron chi connectivity index (χ3n) is 5.01. The standard InChI is InChI=1S/C20H22Cl2N2O2/c1-13-12-24(20(25)26)14(2)11-23(13)19(15-7-3-5-9-17(15)21)16-8-4-6-10-18(16)22/h3-10,13-14,19H,11-12H2,1-2H3,(H,25,26)/t13-,14+/m1/s1. The molecular formula is C20H22Cl2N2O2. The second-order valence-electron chi connectivity index (χ2n) is 6.78. The number of piperazine rings is 1. The molecule has 138 valence electrons. The predicted molar refractivity (Wildman–Crippen MR) is 105 cm³/mol. The van der Waals surface area contributed by atoms with E-state index in [1.807, 2.05) is 62.4 Å². The third kappa shape index (κ3) is 3.68. The molecule has 2 aromatic carbocycles. The first kappa shape index (κ1) is 19.0. The fourth-order valence-corrected chi connectivity index (χ4v) is 4.18. The normalized spacial score (nSPS) is 21.2. The Bertz CT molecular complexity index is 753. The summed E-state index contributed by atoms with van der Waals surface area (Å²) in [6.07, 6.45) is -0.879. The van der Waals surface area contributed by atoms with Crippen molar-refractivity contribution < 1.29 is 9.90 Å². The average Bonchev–Trinajstić information content (AvgIpc) is 2.60. The lowest BCUT2D eigenvalue weighted by Crippen LogP contribution is -2.58. The van der Waals surface area contributed by atoms with Crippen molar-refractivity contribution >= 4 is 29.3 Å². The monoisotopic (exact) mass is 392 g/mol. The van der Waals surface area contributed by atoms with Crippen LogP contribution in [0.25, 0.3) is 0 Å². The van der Waals surface area contributed by atoms with Crippen LogP contribution in [0.3, 0.4) is 0 Å². The molecule has 0 saturated carbocycles. The molecule has 1 N–H and O–H groups in total. The van der Waals surface area contributed by atoms with Crippen molar-refractivity contribution in [3.8, 4) is 0 Å². The topological polar surface area (TPSA) is 43.8 Å². The minimum Gasteiger partial charge on any atom is -0.465 e. The van der Waals surface area contributed by atoms with Gasteiger partial charge < -0.3 is 10.0 Å². The molecule has 0 aliphatic carbocycles. The molecule has 3 rings (SSSR count). The van der Waals surface area contributed by atoms with Gasteiger partial charge in [0.1, 0.15) is 0 Å². The summed E-state index contributed by atoms with van der Waals surface area (Å²) >= 11 is 13.1. The van der Waals surface area contributed by atoms with E-state index >= 15 is 0 Å². The van der Waals surface area contributed by atoms with Gasteiger partial charge in [0.15, 0.2) is 0 Å². The van der Waals surface area contributed by atoms with Gasteiger partial charge in [-0.15, -0.1) is 0 Å². The number of hydrogen-bond donors (Lipinski definition) is 1. The van der Waals surface area contributed by atoms with E-state index in [-0.39, 0.29) is 18.1 Å². The molecule has 4 nitrogen and oxygen atoms in total. The Balaban J connectivity index is 2.06. The predicted octanol–water partition coefficient (Wildman–Crippen LogP) is 5.16. The highest BCUT2D eigenvalue weighted by molar-refractivity contribution is 6.32. The maximum atomic E-state index is 11.5. The summed E-state index contributed by atoms with van der Waals surface area (Å²) in [6, 6.07) is 15.3. The summed E-state index contributed by atoms with van der Waals surface area (Å²) in [4.78, 5) is 15.3. The first-order valence-corrected chi connectivity index (χ1v) is 9.40. The van der Waals surface area contributed by atoms with E-state index in [2.05, 4.69) is 4.90 Å². The highest BCUT2D eigenvalue weighted by Gasteiger charge is 2.37. The van der Waals surface area contributed by atoms with Gasteiger partial charge in [0.25, 0.3) is 0 Å². The number of carbonyl (C=O) groups is 1. The van der Waals surface area contributed by atoms with Crippen LogP contribution in [-0.2, 0) is 0 Å². The van der Waals surface area contributed by atoms with Gasteiger partial charge in [0.05, 0.1) is 6.04 Å². The lowest BCUT2D eigenvalue weighted by atomic mass is 9.93. The zero-order valence-electron chi connectivity index (χ0n) is 14.8. The molecular weight excluding hydrogens is 371 g/mol. The second kappa shape index (κ2) is 7.87. The highest BCUT2D eigenvalue weighted by atomic mass is 35.5. The van der Waals surface area contributed by atoms with Crippen molar-refractivity contribution in [1.29, 1.82) is 0 Å². The van der Waals surface area contributed by atoms with Crippen molar-refractivity contribution in [3.05, 3.63) is 69.7 Å². The molecule has 0 bridgehead atoms. The van der Waals surface area contributed by atoms with Crippen LogP contribution in [0.1, 0.15) is 31.0 Å². The van der Waals surface area contributed by atoms with Gasteiger partial charge in [-0.2, -0.15) is 0 Å². The van der Waals surface area contributed by atoms with E-state index in [0.717, 1.165) is 11.1 Å². The fraction of sp³-hybridized carbons (Fsp3) is 0.350. The number of amides is 1. The molecule has 2 atom stereocenters. The molecule has 0 aromatic heterocycles. The van der Waals surface area contributed by atoms with Crippen molar-refractivity contribution in [2.45, 2.75) is 32.0 Å². The zero-order chi connectivity index (χ0) is 18.8. The maximum absolute atomic E-state index is 11.5. The van der Waals surface area contributed by atoms with Crippen LogP contribution in [0.5, 0.6) is 0 Å². The van der Waals surface area contributed by atoms with E-state index in [0.29, 0.717) is 23.1 Å². The average molecular weight is 393 g/mol. The molecule has 0 radical (unpaired) electrons. The smallest absolute Gasteiger partial charge is 0.407 e. The molecule has 1 amide bonds. The van der Waals surface area contributed by atoms with E-state index < -0.39 is 6.09 Å². The van der Waals surface area contributed by atoms with Gasteiger partial charge >= 0.3 is 6.09 Å². The Labute approximate surface area is 163 Å². The van der Waals surface area contributed by atoms with Crippen LogP contribution < -0.4 is 0 Å². The summed E-state index contributed by atoms with van der Waals surface area (Å²) in [5, 5.41) is 10.8. The van der Waals surface area contributed by atoms with Gasteiger partial charge in [0.2, 0.25) is 0 Å². The lowest BCUT2D eigenvalue weighted by molar-refractivity contribution is 0.0280. The molecule has 1 heterocycles. The molecule has 0 spiro atoms. The molecule has 1 aliphatic rings. The van der Waals surface area contributed by atoms with Crippen molar-refractivity contribution in [2.75, 3.05) is 13.1 Å². The molecule has 1 fully saturated rings. The zero-order valence-corrected chi connectivity index (χ0v) is 16.3. The Morgan fingerprint density at radius 3 is 1.92 bits per heavy atom. The van der Waals surface area contributed by atoms with Gasteiger partial charge in [-0.3, -0.25) is 4.90 Å². The van der Waals surface area contributed by atoms with Crippen LogP contribution in [0.2, 0.25) is 10.0 Å². The van der Waals surface area contributed by atoms with Crippen LogP contribution in [0, 0.1) is 0 Å². The summed E-state index contributed by atoms with van der Waals surface area (Å²) < 4.78 is 0. The van der Waals surface area contributed by atoms with Crippen LogP contribution in [0.4, 0.5) is 4.79 Å². The van der Waals surface area contributed by atoms with Crippen molar-refractivity contribution in [2.24, 2.45) is 0 Å². The van der Waals surface area contributed by atoms with Gasteiger partial charge in [0, 0.05) is 35.2 Å². The van der Waals surface area contributed by atoms with E-state index in [1.54, 1.807) is 0 Å². The Kier molecular flexibility index (Phi) is 5.76. The number of nitrogens with zero attached hydrogens (tertiary/aromatic N) is 2. The Hall–Kier alpha value is -1.75. The largest absolute Gasteiger partial charge is 0.465 e. The third-order valence-corrected chi connectivity index (χ3v) is 5.70. The van der Waals surface area contributed by atoms with Gasteiger partial charge in [-0.05, 0) is 37.1 Å². The van der Waals surface area contributed by atoms with E-state index in [1.165, 1.54) is 4.90 Å². The van der Waals surface area contributed by atoms with Crippen molar-refractivity contribution in [3.63, 3.8) is 0 Å². The van der Waals surface area contributed by atoms with Crippen LogP contribution in [-0.4, -0.2) is 46.2 Å². The first-order valence-electron chi connectivity index (χ1n) is 8.64. The number of halogens is 2. The number of benzene rings is 2. The molecule has 2 aromatic rings. The molecule has 0 unspecified atom stereocenters. The molecule has 1 saturated heterocycles. The fourth-order valence-electron chi connectivity index (χ4n) is 3.70. The first-order chi connectivity index (χ1) is 12.4. The highest BCUT2D eigenvalue weighted by Crippen LogP contribution is 2.39. The minimum absolute atomic E-state index is 0.0276. The summed E-state index contributed by atoms with van der Waals surface area (Å²) in [5.41, 5.74) is 1.95. The SMILES string of the molecule is C[C@@H]1CN(C(=O)O)[C@@H](C)CN1C(c1ccccc1Cl)c1ccccc1Cl. The van der Waals surface area contributed by atoms with Gasteiger partial charge in [-0.25, -0.2) is 4.79 Å². The minimum atomic E-state index is -0.879. The number of hydrogen-bond acceptors (Lipinski definition) is 2. The quantitative estimate of drug-likeness (QED) is 0.784. The van der Waals surface area contributed by atoms with Crippen LogP contribution in [0.15, 0.2) is 48.5 Å². The Morgan fingerprint density at radius 1 is 0.962 bits per heavy atom. The maximum Gasteiger partial charge on any atom is 0.407 e. The van der Waals surface area contributed by atoms with Crippen molar-refractivity contribution in [1.82, 2.24) is 9.80 Å². The summed E-state index contributed by atoms with van der Waals surface area (Å²) in [5.74, 6) is 0. The summed E-state index contributed by atoms with van der Waals surface area (Å²) in [6.45, 7) is 5.03. The number of rotatable bonds is 3. The second-order valence-corrected chi connectivity index (χ2v) is 7.59. The number of carboxylic acid groups (broad SMARTS) is 1. The molecule has 1 aliphatic heterocycles. The van der Waals surface area contributed by atoms with E-state index in [9.17, 15) is 9.90 Å². The molecule has 26 heavy (non-hydrogen) atoms. The van der Waals surface area contributed by atoms with Gasteiger partial charge in [-0.1, -0.05) is 59.6 Å². The summed E-state index contributed by atoms with van der Waals surface area (Å²) in [7, 11) is 0. The van der Waals surface area contributed by atoms with Crippen LogP contribution >= 0.6 is 23.2 Å². The van der Waals surface area contributed by atoms with E-state index in [4.69, 9.17) is 23.2 Å². The lowest BCUT2D eigenvalue weighted by Gasteiger charge is -2.46. The Morgan fingerprint density at radius 2 is 1.46 bits per heavy atom. The molecule has 6 heteroatoms.